The Balaban J connectivity index is 2.37. The highest BCUT2D eigenvalue weighted by Crippen LogP contribution is 2.48. The van der Waals surface area contributed by atoms with Gasteiger partial charge in [-0.15, -0.1) is 0 Å². The molecule has 1 atom stereocenters. The van der Waals surface area contributed by atoms with E-state index in [1.165, 1.54) is 0 Å². The van der Waals surface area contributed by atoms with Crippen LogP contribution in [0.5, 0.6) is 11.6 Å². The molecule has 0 radical (unpaired) electrons. The number of aromatic nitrogens is 1. The minimum atomic E-state index is -0.515. The number of methoxy groups -OCH3 is 1. The lowest BCUT2D eigenvalue weighted by atomic mass is 9.79. The lowest BCUT2D eigenvalue weighted by Crippen LogP contribution is -2.28. The van der Waals surface area contributed by atoms with Crippen LogP contribution in [0, 0.1) is 6.92 Å². The van der Waals surface area contributed by atoms with Crippen molar-refractivity contribution in [2.45, 2.75) is 26.7 Å². The van der Waals surface area contributed by atoms with Gasteiger partial charge < -0.3 is 26.3 Å². The molecule has 142 valence electrons. The number of anilines is 2. The SMILES string of the molecule is CCOc1ncc(C)c2c1[C@H](c1ccc(N)cc1OC)C(C(N)=O)=C(C)N2. The number of amides is 1. The number of hydrogen-bond acceptors (Lipinski definition) is 6. The quantitative estimate of drug-likeness (QED) is 0.700. The third-order valence-corrected chi connectivity index (χ3v) is 4.68. The van der Waals surface area contributed by atoms with Crippen molar-refractivity contribution in [3.63, 3.8) is 0 Å². The molecular formula is C20H24N4O3. The molecule has 0 bridgehead atoms. The van der Waals surface area contributed by atoms with E-state index in [1.807, 2.05) is 26.8 Å². The number of aryl methyl sites for hydroxylation is 1. The largest absolute Gasteiger partial charge is 0.496 e. The lowest BCUT2D eigenvalue weighted by Gasteiger charge is -2.32. The fraction of sp³-hybridized carbons (Fsp3) is 0.300. The molecule has 7 heteroatoms. The number of nitrogens with zero attached hydrogens (tertiary/aromatic N) is 1. The monoisotopic (exact) mass is 368 g/mol. The normalized spacial score (nSPS) is 15.8. The molecule has 7 nitrogen and oxygen atoms in total. The number of ether oxygens (including phenoxy) is 2. The van der Waals surface area contributed by atoms with E-state index in [-0.39, 0.29) is 0 Å². The van der Waals surface area contributed by atoms with Crippen LogP contribution in [-0.2, 0) is 4.79 Å². The predicted octanol–water partition coefficient (Wildman–Crippen LogP) is 2.70. The summed E-state index contributed by atoms with van der Waals surface area (Å²) in [5.41, 5.74) is 16.7. The van der Waals surface area contributed by atoms with Crippen molar-refractivity contribution in [3.8, 4) is 11.6 Å². The number of allylic oxidation sites excluding steroid dienone is 1. The van der Waals surface area contributed by atoms with Crippen molar-refractivity contribution >= 4 is 17.3 Å². The van der Waals surface area contributed by atoms with Gasteiger partial charge in [-0.1, -0.05) is 6.07 Å². The van der Waals surface area contributed by atoms with Gasteiger partial charge in [0.25, 0.3) is 0 Å². The van der Waals surface area contributed by atoms with Gasteiger partial charge in [-0.05, 0) is 32.4 Å². The topological polar surface area (TPSA) is 112 Å². The van der Waals surface area contributed by atoms with Gasteiger partial charge >= 0.3 is 0 Å². The summed E-state index contributed by atoms with van der Waals surface area (Å²) >= 11 is 0. The first-order valence-corrected chi connectivity index (χ1v) is 8.72. The highest BCUT2D eigenvalue weighted by atomic mass is 16.5. The molecule has 0 aliphatic carbocycles. The molecule has 2 aromatic rings. The number of benzene rings is 1. The van der Waals surface area contributed by atoms with Crippen molar-refractivity contribution in [1.82, 2.24) is 4.98 Å². The third-order valence-electron chi connectivity index (χ3n) is 4.68. The minimum Gasteiger partial charge on any atom is -0.496 e. The van der Waals surface area contributed by atoms with Gasteiger partial charge in [0.2, 0.25) is 11.8 Å². The molecule has 0 unspecified atom stereocenters. The Morgan fingerprint density at radius 3 is 2.70 bits per heavy atom. The summed E-state index contributed by atoms with van der Waals surface area (Å²) in [6, 6.07) is 5.36. The van der Waals surface area contributed by atoms with Crippen LogP contribution in [0.2, 0.25) is 0 Å². The van der Waals surface area contributed by atoms with Gasteiger partial charge in [-0.2, -0.15) is 0 Å². The molecule has 27 heavy (non-hydrogen) atoms. The van der Waals surface area contributed by atoms with Gasteiger partial charge in [0.1, 0.15) is 5.75 Å². The van der Waals surface area contributed by atoms with E-state index in [1.54, 1.807) is 25.4 Å². The molecule has 0 saturated heterocycles. The van der Waals surface area contributed by atoms with Crippen LogP contribution in [0.1, 0.15) is 36.5 Å². The number of pyridine rings is 1. The van der Waals surface area contributed by atoms with Crippen molar-refractivity contribution in [1.29, 1.82) is 0 Å². The van der Waals surface area contributed by atoms with E-state index in [4.69, 9.17) is 20.9 Å². The van der Waals surface area contributed by atoms with Gasteiger partial charge in [-0.25, -0.2) is 4.98 Å². The van der Waals surface area contributed by atoms with Crippen LogP contribution in [0.15, 0.2) is 35.7 Å². The first-order chi connectivity index (χ1) is 12.9. The summed E-state index contributed by atoms with van der Waals surface area (Å²) in [5.74, 6) is 0.0332. The van der Waals surface area contributed by atoms with Crippen molar-refractivity contribution in [2.75, 3.05) is 24.8 Å². The predicted molar refractivity (Wildman–Crippen MR) is 105 cm³/mol. The highest BCUT2D eigenvalue weighted by molar-refractivity contribution is 5.98. The molecule has 1 amide bonds. The van der Waals surface area contributed by atoms with Crippen molar-refractivity contribution in [2.24, 2.45) is 5.73 Å². The van der Waals surface area contributed by atoms with E-state index < -0.39 is 11.8 Å². The van der Waals surface area contributed by atoms with Crippen LogP contribution >= 0.6 is 0 Å². The van der Waals surface area contributed by atoms with Crippen LogP contribution < -0.4 is 26.3 Å². The van der Waals surface area contributed by atoms with Crippen LogP contribution in [-0.4, -0.2) is 24.6 Å². The Bertz CT molecular complexity index is 937. The molecule has 0 spiro atoms. The molecule has 5 N–H and O–H groups in total. The number of rotatable bonds is 5. The maximum atomic E-state index is 12.4. The molecule has 0 saturated carbocycles. The highest BCUT2D eigenvalue weighted by Gasteiger charge is 2.36. The summed E-state index contributed by atoms with van der Waals surface area (Å²) in [7, 11) is 1.57. The smallest absolute Gasteiger partial charge is 0.247 e. The Morgan fingerprint density at radius 2 is 2.07 bits per heavy atom. The second kappa shape index (κ2) is 7.19. The summed E-state index contributed by atoms with van der Waals surface area (Å²) in [6.45, 7) is 6.12. The molecular weight excluding hydrogens is 344 g/mol. The maximum Gasteiger partial charge on any atom is 0.247 e. The first kappa shape index (κ1) is 18.6. The van der Waals surface area contributed by atoms with Crippen LogP contribution in [0.25, 0.3) is 0 Å². The molecule has 1 aromatic heterocycles. The average molecular weight is 368 g/mol. The van der Waals surface area contributed by atoms with Gasteiger partial charge in [-0.3, -0.25) is 4.79 Å². The fourth-order valence-corrected chi connectivity index (χ4v) is 3.51. The lowest BCUT2D eigenvalue weighted by molar-refractivity contribution is -0.114. The Morgan fingerprint density at radius 1 is 1.33 bits per heavy atom. The van der Waals surface area contributed by atoms with E-state index in [9.17, 15) is 4.79 Å². The number of carbonyl (C=O) groups is 1. The van der Waals surface area contributed by atoms with E-state index >= 15 is 0 Å². The summed E-state index contributed by atoms with van der Waals surface area (Å²) in [6.07, 6.45) is 1.75. The first-order valence-electron chi connectivity index (χ1n) is 8.72. The van der Waals surface area contributed by atoms with E-state index in [0.29, 0.717) is 35.2 Å². The standard InChI is InChI=1S/C20H24N4O3/c1-5-27-20-17-16(13-7-6-12(21)8-14(13)26-4)15(19(22)25)11(3)24-18(17)10(2)9-23-20/h6-9,16,24H,5,21H2,1-4H3,(H2,22,25)/t16-/m1/s1. The van der Waals surface area contributed by atoms with E-state index in [0.717, 1.165) is 22.4 Å². The number of primary amides is 1. The third kappa shape index (κ3) is 3.16. The van der Waals surface area contributed by atoms with Crippen molar-refractivity contribution in [3.05, 3.63) is 52.4 Å². The molecule has 3 rings (SSSR count). The van der Waals surface area contributed by atoms with Gasteiger partial charge in [0, 0.05) is 34.8 Å². The molecule has 1 aliphatic rings. The van der Waals surface area contributed by atoms with Gasteiger partial charge in [0.05, 0.1) is 30.9 Å². The average Bonchev–Trinajstić information content (AvgIpc) is 2.63. The zero-order chi connectivity index (χ0) is 19.7. The number of nitrogens with one attached hydrogen (secondary N) is 1. The molecule has 0 fully saturated rings. The number of nitrogens with two attached hydrogens (primary N) is 2. The summed E-state index contributed by atoms with van der Waals surface area (Å²) in [5, 5.41) is 3.30. The second-order valence-electron chi connectivity index (χ2n) is 6.43. The second-order valence-corrected chi connectivity index (χ2v) is 6.43. The van der Waals surface area contributed by atoms with Crippen molar-refractivity contribution < 1.29 is 14.3 Å². The van der Waals surface area contributed by atoms with Crippen LogP contribution in [0.3, 0.4) is 0 Å². The molecule has 1 aromatic carbocycles. The van der Waals surface area contributed by atoms with Crippen LogP contribution in [0.4, 0.5) is 11.4 Å². The fourth-order valence-electron chi connectivity index (χ4n) is 3.51. The Hall–Kier alpha value is -3.22. The zero-order valence-electron chi connectivity index (χ0n) is 15.9. The Kier molecular flexibility index (Phi) is 4.94. The zero-order valence-corrected chi connectivity index (χ0v) is 15.9. The number of hydrogen-bond donors (Lipinski definition) is 3. The maximum absolute atomic E-state index is 12.4. The Labute approximate surface area is 158 Å². The molecule has 1 aliphatic heterocycles. The number of fused-ring (bicyclic) bond motifs is 1. The summed E-state index contributed by atoms with van der Waals surface area (Å²) < 4.78 is 11.3. The minimum absolute atomic E-state index is 0.443. The number of nitrogen functional groups attached to an aromatic ring is 1. The summed E-state index contributed by atoms with van der Waals surface area (Å²) in [4.78, 5) is 16.8. The molecule has 2 heterocycles. The van der Waals surface area contributed by atoms with E-state index in [2.05, 4.69) is 10.3 Å². The number of carbonyl (C=O) groups excluding carboxylic acids is 1. The van der Waals surface area contributed by atoms with Gasteiger partial charge in [0.15, 0.2) is 0 Å².